The Bertz CT molecular complexity index is 1350. The number of benzene rings is 1. The van der Waals surface area contributed by atoms with Crippen LogP contribution < -0.4 is 0 Å². The summed E-state index contributed by atoms with van der Waals surface area (Å²) in [6.07, 6.45) is 1.79. The fourth-order valence-electron chi connectivity index (χ4n) is 6.11. The van der Waals surface area contributed by atoms with Crippen molar-refractivity contribution in [3.05, 3.63) is 46.3 Å². The van der Waals surface area contributed by atoms with E-state index in [-0.39, 0.29) is 26.9 Å². The number of halogens is 3. The highest BCUT2D eigenvalue weighted by atomic mass is 79.9. The van der Waals surface area contributed by atoms with Gasteiger partial charge in [-0.25, -0.2) is 18.1 Å². The predicted octanol–water partition coefficient (Wildman–Crippen LogP) is 1.77. The maximum absolute atomic E-state index is 14.6. The van der Waals surface area contributed by atoms with Crippen LogP contribution >= 0.6 is 15.9 Å². The van der Waals surface area contributed by atoms with Crippen molar-refractivity contribution in [3.63, 3.8) is 0 Å². The van der Waals surface area contributed by atoms with Gasteiger partial charge in [-0.1, -0.05) is 10.4 Å². The molecule has 38 heavy (non-hydrogen) atoms. The van der Waals surface area contributed by atoms with Crippen LogP contribution in [0.5, 0.6) is 0 Å². The third-order valence-corrected chi connectivity index (χ3v) is 8.51. The first kappa shape index (κ1) is 25.9. The number of aliphatic hydroxyl groups excluding tert-OH is 2. The molecule has 1 aromatic carbocycles. The molecule has 1 saturated carbocycles. The number of methoxy groups -OCH3 is 1. The highest BCUT2D eigenvalue weighted by Gasteiger charge is 2.61. The maximum atomic E-state index is 14.6. The van der Waals surface area contributed by atoms with Crippen LogP contribution in [-0.2, 0) is 26.2 Å². The smallest absolute Gasteiger partial charge is 0.173 e. The summed E-state index contributed by atoms with van der Waals surface area (Å²) in [5, 5.41) is 37.8. The molecule has 2 bridgehead atoms. The molecule has 0 unspecified atom stereocenters. The number of ether oxygens (including phenoxy) is 3. The van der Waals surface area contributed by atoms with Crippen LogP contribution in [-0.4, -0.2) is 90.5 Å². The van der Waals surface area contributed by atoms with E-state index in [0.717, 1.165) is 12.8 Å². The zero-order chi connectivity index (χ0) is 26.8. The summed E-state index contributed by atoms with van der Waals surface area (Å²) < 4.78 is 49.5. The van der Waals surface area contributed by atoms with Gasteiger partial charge in [0.05, 0.1) is 46.8 Å². The van der Waals surface area contributed by atoms with Crippen LogP contribution in [0.25, 0.3) is 11.3 Å². The first-order valence-electron chi connectivity index (χ1n) is 12.3. The van der Waals surface area contributed by atoms with Crippen LogP contribution in [0.2, 0.25) is 0 Å². The summed E-state index contributed by atoms with van der Waals surface area (Å²) in [7, 11) is 1.47. The summed E-state index contributed by atoms with van der Waals surface area (Å²) >= 11 is 2.96. The van der Waals surface area contributed by atoms with Gasteiger partial charge < -0.3 is 24.4 Å². The largest absolute Gasteiger partial charge is 0.394 e. The Kier molecular flexibility index (Phi) is 6.39. The normalized spacial score (nSPS) is 34.4. The highest BCUT2D eigenvalue weighted by molar-refractivity contribution is 9.10. The summed E-state index contributed by atoms with van der Waals surface area (Å²) in [5.41, 5.74) is 0.374. The summed E-state index contributed by atoms with van der Waals surface area (Å²) in [6.45, 7) is 2.22. The Morgan fingerprint density at radius 1 is 1.16 bits per heavy atom. The van der Waals surface area contributed by atoms with Crippen molar-refractivity contribution in [1.29, 1.82) is 0 Å². The SMILES string of the molecule is CO[C@@H]1[C@@H](n2cc(-c3ccc(Br)c(F)c3F)nn2)[C@@H](O)[C@@H](CO)O[C@@H]1Cc1cn(C23COC(C)(C2)C3)nn1. The minimum atomic E-state index is -1.22. The summed E-state index contributed by atoms with van der Waals surface area (Å²) in [4.78, 5) is 0. The molecule has 0 radical (unpaired) electrons. The zero-order valence-corrected chi connectivity index (χ0v) is 22.3. The number of fused-ring (bicyclic) bond motifs is 1. The lowest BCUT2D eigenvalue weighted by Crippen LogP contribution is -2.57. The third-order valence-electron chi connectivity index (χ3n) is 7.89. The molecule has 7 rings (SSSR count). The van der Waals surface area contributed by atoms with Gasteiger partial charge in [0.25, 0.3) is 0 Å². The molecule has 1 aliphatic carbocycles. The topological polar surface area (TPSA) is 130 Å². The van der Waals surface area contributed by atoms with E-state index in [4.69, 9.17) is 14.2 Å². The van der Waals surface area contributed by atoms with Crippen molar-refractivity contribution in [2.45, 2.75) is 67.8 Å². The van der Waals surface area contributed by atoms with E-state index in [2.05, 4.69) is 43.5 Å². The van der Waals surface area contributed by atoms with E-state index >= 15 is 0 Å². The number of aromatic nitrogens is 6. The number of aliphatic hydroxyl groups is 2. The monoisotopic (exact) mass is 596 g/mol. The van der Waals surface area contributed by atoms with Gasteiger partial charge in [-0.15, -0.1) is 10.2 Å². The number of hydrogen-bond donors (Lipinski definition) is 2. The van der Waals surface area contributed by atoms with E-state index in [9.17, 15) is 19.0 Å². The maximum Gasteiger partial charge on any atom is 0.173 e. The number of rotatable bonds is 7. The van der Waals surface area contributed by atoms with Crippen molar-refractivity contribution in [2.75, 3.05) is 20.3 Å². The molecule has 14 heteroatoms. The quantitative estimate of drug-likeness (QED) is 0.392. The molecule has 3 aromatic rings. The molecule has 11 nitrogen and oxygen atoms in total. The van der Waals surface area contributed by atoms with Crippen molar-refractivity contribution < 1.29 is 33.2 Å². The van der Waals surface area contributed by atoms with Gasteiger partial charge in [0.2, 0.25) is 0 Å². The van der Waals surface area contributed by atoms with Gasteiger partial charge in [0.1, 0.15) is 30.0 Å². The minimum Gasteiger partial charge on any atom is -0.394 e. The van der Waals surface area contributed by atoms with Crippen molar-refractivity contribution >= 4 is 15.9 Å². The van der Waals surface area contributed by atoms with Gasteiger partial charge in [-0.05, 0) is 35.0 Å². The van der Waals surface area contributed by atoms with E-state index < -0.39 is 48.7 Å². The van der Waals surface area contributed by atoms with Crippen molar-refractivity contribution in [2.24, 2.45) is 0 Å². The molecule has 3 aliphatic heterocycles. The van der Waals surface area contributed by atoms with Crippen LogP contribution in [0, 0.1) is 11.6 Å². The van der Waals surface area contributed by atoms with Gasteiger partial charge in [-0.3, -0.25) is 0 Å². The molecule has 3 saturated heterocycles. The lowest BCUT2D eigenvalue weighted by molar-refractivity contribution is -0.212. The number of nitrogens with zero attached hydrogens (tertiary/aromatic N) is 6. The standard InChI is InChI=1S/C24H27BrF2N6O5/c1-23-9-24(10-23,11-37-23)33-6-12(28-31-33)5-16-22(36-2)20(21(35)17(8-34)38-16)32-7-15(29-30-32)13-3-4-14(25)19(27)18(13)26/h3-4,6-7,16-17,20-22,34-35H,5,8-11H2,1-2H3/t16-,17-,20+,21+,22+,23?,24?/m1/s1. The molecular formula is C24H27BrF2N6O5. The Hall–Kier alpha value is -2.36. The Labute approximate surface area is 224 Å². The minimum absolute atomic E-state index is 0.0117. The fraction of sp³-hybridized carbons (Fsp3) is 0.583. The summed E-state index contributed by atoms with van der Waals surface area (Å²) in [5.74, 6) is -2.11. The lowest BCUT2D eigenvalue weighted by atomic mass is 9.69. The predicted molar refractivity (Wildman–Crippen MR) is 130 cm³/mol. The average molecular weight is 597 g/mol. The van der Waals surface area contributed by atoms with E-state index in [1.807, 2.05) is 10.9 Å². The Morgan fingerprint density at radius 2 is 1.95 bits per heavy atom. The molecule has 5 atom stereocenters. The second-order valence-electron chi connectivity index (χ2n) is 10.6. The molecule has 4 aliphatic rings. The number of hydrogen-bond acceptors (Lipinski definition) is 9. The molecule has 0 spiro atoms. The molecule has 0 amide bonds. The molecule has 2 N–H and O–H groups in total. The molecule has 4 fully saturated rings. The van der Waals surface area contributed by atoms with Crippen LogP contribution in [0.3, 0.4) is 0 Å². The Morgan fingerprint density at radius 3 is 2.63 bits per heavy atom. The van der Waals surface area contributed by atoms with Gasteiger partial charge in [0.15, 0.2) is 11.6 Å². The molecule has 5 heterocycles. The second-order valence-corrected chi connectivity index (χ2v) is 11.4. The lowest BCUT2D eigenvalue weighted by Gasteiger charge is -2.43. The molecular weight excluding hydrogens is 570 g/mol. The van der Waals surface area contributed by atoms with E-state index in [0.29, 0.717) is 18.7 Å². The van der Waals surface area contributed by atoms with Crippen LogP contribution in [0.1, 0.15) is 31.5 Å². The molecule has 204 valence electrons. The van der Waals surface area contributed by atoms with Crippen molar-refractivity contribution in [1.82, 2.24) is 30.0 Å². The average Bonchev–Trinajstić information content (AvgIpc) is 3.67. The second kappa shape index (κ2) is 9.38. The molecule has 2 aromatic heterocycles. The zero-order valence-electron chi connectivity index (χ0n) is 20.7. The van der Waals surface area contributed by atoms with Crippen molar-refractivity contribution in [3.8, 4) is 11.3 Å². The van der Waals surface area contributed by atoms with Gasteiger partial charge in [0, 0.05) is 38.1 Å². The highest BCUT2D eigenvalue weighted by Crippen LogP contribution is 2.55. The van der Waals surface area contributed by atoms with Gasteiger partial charge >= 0.3 is 0 Å². The van der Waals surface area contributed by atoms with Crippen LogP contribution in [0.15, 0.2) is 29.0 Å². The van der Waals surface area contributed by atoms with Gasteiger partial charge in [-0.2, -0.15) is 0 Å². The van der Waals surface area contributed by atoms with E-state index in [1.165, 1.54) is 30.1 Å². The summed E-state index contributed by atoms with van der Waals surface area (Å²) in [6, 6.07) is 1.91. The fourth-order valence-corrected chi connectivity index (χ4v) is 6.42. The first-order chi connectivity index (χ1) is 18.2. The van der Waals surface area contributed by atoms with Crippen LogP contribution in [0.4, 0.5) is 8.78 Å². The van der Waals surface area contributed by atoms with E-state index in [1.54, 1.807) is 0 Å². The third kappa shape index (κ3) is 4.09. The Balaban J connectivity index is 1.27. The first-order valence-corrected chi connectivity index (χ1v) is 13.0.